The van der Waals surface area contributed by atoms with Gasteiger partial charge in [0.1, 0.15) is 6.61 Å². The van der Waals surface area contributed by atoms with Crippen LogP contribution < -0.4 is 19.6 Å². The average Bonchev–Trinajstić information content (AvgIpc) is 3.39. The number of benzene rings is 3. The second-order valence-corrected chi connectivity index (χ2v) is 8.62. The fraction of sp³-hybridized carbons (Fsp3) is 0.115. The molecule has 0 N–H and O–H groups in total. The molecular formula is C26H21N3O3S. The molecule has 0 amide bonds. The van der Waals surface area contributed by atoms with Gasteiger partial charge in [-0.25, -0.2) is 4.40 Å². The zero-order valence-electron chi connectivity index (χ0n) is 18.2. The number of ether oxygens (including phenoxy) is 2. The first-order valence-electron chi connectivity index (χ1n) is 10.4. The van der Waals surface area contributed by atoms with Crippen LogP contribution in [0.2, 0.25) is 0 Å². The van der Waals surface area contributed by atoms with Gasteiger partial charge in [-0.2, -0.15) is 0 Å². The molecule has 0 aliphatic heterocycles. The third-order valence-corrected chi connectivity index (χ3v) is 6.24. The standard InChI is InChI=1S/C26H21N3O3S/c1-17-8-11-20(12-9-17)24-27-28-26-29(24)25(30)23(33-26)15-19-10-13-21(22(14-19)31-2)32-16-18-6-4-3-5-7-18/h3-15H,16H2,1-2H3/b23-15+. The molecule has 5 aromatic rings. The summed E-state index contributed by atoms with van der Waals surface area (Å²) >= 11 is 1.31. The Labute approximate surface area is 194 Å². The van der Waals surface area contributed by atoms with Crippen LogP contribution in [0.5, 0.6) is 11.5 Å². The van der Waals surface area contributed by atoms with Gasteiger partial charge in [0.25, 0.3) is 5.56 Å². The molecule has 3 aromatic carbocycles. The van der Waals surface area contributed by atoms with Crippen molar-refractivity contribution in [3.63, 3.8) is 0 Å². The molecule has 5 rings (SSSR count). The minimum Gasteiger partial charge on any atom is -0.493 e. The molecular weight excluding hydrogens is 434 g/mol. The van der Waals surface area contributed by atoms with Gasteiger partial charge >= 0.3 is 0 Å². The second-order valence-electron chi connectivity index (χ2n) is 7.61. The molecule has 0 bridgehead atoms. The molecule has 0 unspecified atom stereocenters. The molecule has 0 saturated carbocycles. The molecule has 0 saturated heterocycles. The maximum absolute atomic E-state index is 13.1. The van der Waals surface area contributed by atoms with Crippen LogP contribution in [0.3, 0.4) is 0 Å². The number of aryl methyl sites for hydroxylation is 1. The van der Waals surface area contributed by atoms with E-state index < -0.39 is 0 Å². The number of thiazole rings is 1. The Morgan fingerprint density at radius 1 is 0.970 bits per heavy atom. The van der Waals surface area contributed by atoms with E-state index in [1.54, 1.807) is 11.5 Å². The Kier molecular flexibility index (Phi) is 5.62. The topological polar surface area (TPSA) is 65.7 Å². The van der Waals surface area contributed by atoms with Crippen LogP contribution >= 0.6 is 11.3 Å². The summed E-state index contributed by atoms with van der Waals surface area (Å²) in [5, 5.41) is 8.43. The van der Waals surface area contributed by atoms with Crippen LogP contribution in [0.1, 0.15) is 16.7 Å². The number of methoxy groups -OCH3 is 1. The lowest BCUT2D eigenvalue weighted by molar-refractivity contribution is 0.284. The Morgan fingerprint density at radius 2 is 1.76 bits per heavy atom. The highest BCUT2D eigenvalue weighted by Crippen LogP contribution is 2.29. The fourth-order valence-corrected chi connectivity index (χ4v) is 4.44. The van der Waals surface area contributed by atoms with E-state index in [4.69, 9.17) is 9.47 Å². The zero-order valence-corrected chi connectivity index (χ0v) is 19.0. The Balaban J connectivity index is 1.47. The first-order chi connectivity index (χ1) is 16.1. The summed E-state index contributed by atoms with van der Waals surface area (Å²) < 4.78 is 13.6. The van der Waals surface area contributed by atoms with Gasteiger partial charge in [0.2, 0.25) is 4.96 Å². The predicted molar refractivity (Wildman–Crippen MR) is 130 cm³/mol. The fourth-order valence-electron chi connectivity index (χ4n) is 3.53. The number of nitrogens with zero attached hydrogens (tertiary/aromatic N) is 3. The molecule has 2 heterocycles. The Bertz CT molecular complexity index is 1520. The Morgan fingerprint density at radius 3 is 2.52 bits per heavy atom. The van der Waals surface area contributed by atoms with Gasteiger partial charge in [-0.3, -0.25) is 4.79 Å². The van der Waals surface area contributed by atoms with E-state index in [9.17, 15) is 4.79 Å². The van der Waals surface area contributed by atoms with Gasteiger partial charge in [0, 0.05) is 5.56 Å². The molecule has 2 aromatic heterocycles. The van der Waals surface area contributed by atoms with Crippen molar-refractivity contribution in [1.29, 1.82) is 0 Å². The maximum atomic E-state index is 13.1. The highest BCUT2D eigenvalue weighted by Gasteiger charge is 2.14. The van der Waals surface area contributed by atoms with E-state index in [0.717, 1.165) is 22.3 Å². The van der Waals surface area contributed by atoms with E-state index in [1.807, 2.05) is 85.8 Å². The highest BCUT2D eigenvalue weighted by molar-refractivity contribution is 7.15. The molecule has 0 aliphatic carbocycles. The van der Waals surface area contributed by atoms with Crippen molar-refractivity contribution in [3.8, 4) is 22.9 Å². The van der Waals surface area contributed by atoms with Crippen LogP contribution in [-0.2, 0) is 6.61 Å². The summed E-state index contributed by atoms with van der Waals surface area (Å²) in [6, 6.07) is 23.5. The summed E-state index contributed by atoms with van der Waals surface area (Å²) in [7, 11) is 1.60. The van der Waals surface area contributed by atoms with E-state index in [1.165, 1.54) is 11.3 Å². The predicted octanol–water partition coefficient (Wildman–Crippen LogP) is 4.26. The molecule has 33 heavy (non-hydrogen) atoms. The highest BCUT2D eigenvalue weighted by atomic mass is 32.1. The van der Waals surface area contributed by atoms with Crippen LogP contribution in [-0.4, -0.2) is 21.7 Å². The lowest BCUT2D eigenvalue weighted by Gasteiger charge is -2.11. The molecule has 0 aliphatic rings. The van der Waals surface area contributed by atoms with Gasteiger partial charge < -0.3 is 9.47 Å². The monoisotopic (exact) mass is 455 g/mol. The first-order valence-corrected chi connectivity index (χ1v) is 11.3. The molecule has 7 heteroatoms. The van der Waals surface area contributed by atoms with Crippen molar-refractivity contribution in [2.75, 3.05) is 7.11 Å². The van der Waals surface area contributed by atoms with Gasteiger partial charge in [-0.05, 0) is 36.3 Å². The van der Waals surface area contributed by atoms with Crippen molar-refractivity contribution in [2.45, 2.75) is 13.5 Å². The number of hydrogen-bond donors (Lipinski definition) is 0. The first kappa shape index (κ1) is 20.9. The average molecular weight is 456 g/mol. The second kappa shape index (κ2) is 8.88. The van der Waals surface area contributed by atoms with Crippen LogP contribution in [0.25, 0.3) is 22.4 Å². The van der Waals surface area contributed by atoms with Gasteiger partial charge in [0.15, 0.2) is 17.3 Å². The third kappa shape index (κ3) is 4.23. The van der Waals surface area contributed by atoms with Crippen molar-refractivity contribution >= 4 is 22.4 Å². The summed E-state index contributed by atoms with van der Waals surface area (Å²) in [6.45, 7) is 2.47. The molecule has 0 atom stereocenters. The minimum absolute atomic E-state index is 0.140. The summed E-state index contributed by atoms with van der Waals surface area (Å²) in [6.07, 6.45) is 1.84. The molecule has 6 nitrogen and oxygen atoms in total. The number of aromatic nitrogens is 3. The molecule has 0 spiro atoms. The van der Waals surface area contributed by atoms with Crippen molar-refractivity contribution in [1.82, 2.24) is 14.6 Å². The van der Waals surface area contributed by atoms with E-state index in [-0.39, 0.29) is 5.56 Å². The van der Waals surface area contributed by atoms with Crippen LogP contribution in [0.15, 0.2) is 77.6 Å². The quantitative estimate of drug-likeness (QED) is 0.383. The van der Waals surface area contributed by atoms with Crippen molar-refractivity contribution < 1.29 is 9.47 Å². The molecule has 0 fully saturated rings. The SMILES string of the molecule is COc1cc(/C=c2/sc3nnc(-c4ccc(C)cc4)n3c2=O)ccc1OCc1ccccc1. The van der Waals surface area contributed by atoms with E-state index in [0.29, 0.717) is 33.4 Å². The lowest BCUT2D eigenvalue weighted by atomic mass is 10.1. The third-order valence-electron chi connectivity index (χ3n) is 5.28. The van der Waals surface area contributed by atoms with Crippen LogP contribution in [0, 0.1) is 6.92 Å². The van der Waals surface area contributed by atoms with Gasteiger partial charge in [0.05, 0.1) is 11.6 Å². The summed E-state index contributed by atoms with van der Waals surface area (Å²) in [5.41, 5.74) is 3.78. The van der Waals surface area contributed by atoms with Crippen LogP contribution in [0.4, 0.5) is 0 Å². The maximum Gasteiger partial charge on any atom is 0.276 e. The van der Waals surface area contributed by atoms with E-state index >= 15 is 0 Å². The number of hydrogen-bond acceptors (Lipinski definition) is 6. The van der Waals surface area contributed by atoms with Gasteiger partial charge in [-0.1, -0.05) is 77.6 Å². The normalized spacial score (nSPS) is 11.8. The number of fused-ring (bicyclic) bond motifs is 1. The summed E-state index contributed by atoms with van der Waals surface area (Å²) in [4.78, 5) is 13.7. The van der Waals surface area contributed by atoms with Crippen molar-refractivity contribution in [3.05, 3.63) is 104 Å². The van der Waals surface area contributed by atoms with Crippen molar-refractivity contribution in [2.24, 2.45) is 0 Å². The summed E-state index contributed by atoms with van der Waals surface area (Å²) in [5.74, 6) is 1.80. The van der Waals surface area contributed by atoms with E-state index in [2.05, 4.69) is 10.2 Å². The lowest BCUT2D eigenvalue weighted by Crippen LogP contribution is -2.23. The van der Waals surface area contributed by atoms with Gasteiger partial charge in [-0.15, -0.1) is 10.2 Å². The molecule has 0 radical (unpaired) electrons. The molecule has 164 valence electrons. The zero-order chi connectivity index (χ0) is 22.8. The minimum atomic E-state index is -0.140. The largest absolute Gasteiger partial charge is 0.493 e. The Hall–Kier alpha value is -3.97. The number of rotatable bonds is 6. The smallest absolute Gasteiger partial charge is 0.276 e.